The van der Waals surface area contributed by atoms with Crippen LogP contribution in [0.5, 0.6) is 0 Å². The van der Waals surface area contributed by atoms with E-state index >= 15 is 0 Å². The molecule has 3 rings (SSSR count). The van der Waals surface area contributed by atoms with Gasteiger partial charge in [-0.15, -0.1) is 11.3 Å². The van der Waals surface area contributed by atoms with Crippen molar-refractivity contribution in [3.8, 4) is 0 Å². The highest BCUT2D eigenvalue weighted by atomic mass is 35.5. The molecule has 1 aromatic carbocycles. The van der Waals surface area contributed by atoms with Crippen molar-refractivity contribution in [2.45, 2.75) is 51.2 Å². The number of amides is 1. The lowest BCUT2D eigenvalue weighted by Gasteiger charge is -2.36. The van der Waals surface area contributed by atoms with Gasteiger partial charge in [-0.25, -0.2) is 0 Å². The van der Waals surface area contributed by atoms with Crippen LogP contribution in [-0.2, 0) is 17.9 Å². The highest BCUT2D eigenvalue weighted by Crippen LogP contribution is 2.25. The summed E-state index contributed by atoms with van der Waals surface area (Å²) >= 11 is 13.3. The van der Waals surface area contributed by atoms with Gasteiger partial charge in [0.25, 0.3) is 0 Å². The predicted octanol–water partition coefficient (Wildman–Crippen LogP) is 4.73. The fourth-order valence-electron chi connectivity index (χ4n) is 3.45. The predicted molar refractivity (Wildman–Crippen MR) is 121 cm³/mol. The summed E-state index contributed by atoms with van der Waals surface area (Å²) in [5.41, 5.74) is 1.02. The fourth-order valence-corrected chi connectivity index (χ4v) is 4.57. The van der Waals surface area contributed by atoms with E-state index in [9.17, 15) is 4.79 Å². The molecule has 1 amide bonds. The Balaban J connectivity index is 1.50. The van der Waals surface area contributed by atoms with Crippen molar-refractivity contribution in [1.82, 2.24) is 15.5 Å². The summed E-state index contributed by atoms with van der Waals surface area (Å²) in [7, 11) is 0. The molecule has 1 fully saturated rings. The van der Waals surface area contributed by atoms with E-state index in [0.717, 1.165) is 24.9 Å². The maximum Gasteiger partial charge on any atom is 0.239 e. The zero-order chi connectivity index (χ0) is 19.8. The standard InChI is InChI=1S/C21H26ClN3OS2/c22-17-10-8-16(9-11-17)13-23-20(26)14-24-21(27)25(15-19-7-4-12-28-19)18-5-2-1-3-6-18/h4,7-12,18H,1-3,5-6,13-15H2,(H,23,26)(H,24,27). The molecule has 0 aliphatic heterocycles. The molecule has 0 saturated heterocycles. The lowest BCUT2D eigenvalue weighted by Crippen LogP contribution is -2.48. The summed E-state index contributed by atoms with van der Waals surface area (Å²) in [6, 6.07) is 12.1. The molecular formula is C21H26ClN3OS2. The van der Waals surface area contributed by atoms with Crippen molar-refractivity contribution in [2.75, 3.05) is 6.54 Å². The number of thiophene rings is 1. The van der Waals surface area contributed by atoms with Gasteiger partial charge in [0.1, 0.15) is 0 Å². The first-order valence-electron chi connectivity index (χ1n) is 9.70. The second-order valence-corrected chi connectivity index (χ2v) is 8.92. The van der Waals surface area contributed by atoms with Crippen LogP contribution in [0.4, 0.5) is 0 Å². The topological polar surface area (TPSA) is 44.4 Å². The second kappa shape index (κ2) is 10.8. The summed E-state index contributed by atoms with van der Waals surface area (Å²) in [4.78, 5) is 15.8. The molecular weight excluding hydrogens is 410 g/mol. The number of benzene rings is 1. The largest absolute Gasteiger partial charge is 0.353 e. The molecule has 1 aliphatic rings. The van der Waals surface area contributed by atoms with Crippen LogP contribution in [-0.4, -0.2) is 28.5 Å². The van der Waals surface area contributed by atoms with E-state index < -0.39 is 0 Å². The number of carbonyl (C=O) groups is 1. The number of rotatable bonds is 7. The third-order valence-electron chi connectivity index (χ3n) is 4.99. The van der Waals surface area contributed by atoms with Crippen molar-refractivity contribution < 1.29 is 4.79 Å². The Morgan fingerprint density at radius 1 is 1.14 bits per heavy atom. The molecule has 0 bridgehead atoms. The number of halogens is 1. The minimum atomic E-state index is -0.0722. The highest BCUT2D eigenvalue weighted by Gasteiger charge is 2.24. The molecule has 2 N–H and O–H groups in total. The lowest BCUT2D eigenvalue weighted by atomic mass is 9.94. The molecule has 0 radical (unpaired) electrons. The van der Waals surface area contributed by atoms with Gasteiger partial charge in [-0.3, -0.25) is 4.79 Å². The Bertz CT molecular complexity index is 758. The third-order valence-corrected chi connectivity index (χ3v) is 6.48. The Hall–Kier alpha value is -1.63. The van der Waals surface area contributed by atoms with Gasteiger partial charge in [-0.05, 0) is 54.2 Å². The Labute approximate surface area is 181 Å². The van der Waals surface area contributed by atoms with Crippen molar-refractivity contribution in [3.63, 3.8) is 0 Å². The first-order chi connectivity index (χ1) is 13.6. The van der Waals surface area contributed by atoms with Gasteiger partial charge < -0.3 is 15.5 Å². The SMILES string of the molecule is O=C(CNC(=S)N(Cc1cccs1)C1CCCCC1)NCc1ccc(Cl)cc1. The van der Waals surface area contributed by atoms with Crippen LogP contribution in [0.25, 0.3) is 0 Å². The summed E-state index contributed by atoms with van der Waals surface area (Å²) in [6.07, 6.45) is 6.12. The van der Waals surface area contributed by atoms with Crippen molar-refractivity contribution in [1.29, 1.82) is 0 Å². The molecule has 1 aliphatic carbocycles. The number of hydrogen-bond acceptors (Lipinski definition) is 3. The molecule has 1 saturated carbocycles. The molecule has 0 spiro atoms. The summed E-state index contributed by atoms with van der Waals surface area (Å²) in [6.45, 7) is 1.46. The van der Waals surface area contributed by atoms with Crippen LogP contribution < -0.4 is 10.6 Å². The first-order valence-corrected chi connectivity index (χ1v) is 11.4. The van der Waals surface area contributed by atoms with E-state index in [4.69, 9.17) is 23.8 Å². The van der Waals surface area contributed by atoms with E-state index in [-0.39, 0.29) is 12.5 Å². The summed E-state index contributed by atoms with van der Waals surface area (Å²) in [5, 5.41) is 9.53. The lowest BCUT2D eigenvalue weighted by molar-refractivity contribution is -0.120. The van der Waals surface area contributed by atoms with Gasteiger partial charge in [0.15, 0.2) is 5.11 Å². The summed E-state index contributed by atoms with van der Waals surface area (Å²) < 4.78 is 0. The van der Waals surface area contributed by atoms with Crippen LogP contribution in [0.3, 0.4) is 0 Å². The Morgan fingerprint density at radius 2 is 1.89 bits per heavy atom. The molecule has 1 heterocycles. The van der Waals surface area contributed by atoms with Gasteiger partial charge in [-0.2, -0.15) is 0 Å². The summed E-state index contributed by atoms with van der Waals surface area (Å²) in [5.74, 6) is -0.0722. The molecule has 28 heavy (non-hydrogen) atoms. The molecule has 1 aromatic heterocycles. The number of carbonyl (C=O) groups excluding carboxylic acids is 1. The van der Waals surface area contributed by atoms with Crippen LogP contribution >= 0.6 is 35.2 Å². The third kappa shape index (κ3) is 6.47. The maximum atomic E-state index is 12.2. The van der Waals surface area contributed by atoms with E-state index in [1.54, 1.807) is 11.3 Å². The van der Waals surface area contributed by atoms with Gasteiger partial charge in [0, 0.05) is 22.5 Å². The average Bonchev–Trinajstić information content (AvgIpc) is 3.24. The number of nitrogens with zero attached hydrogens (tertiary/aromatic N) is 1. The van der Waals surface area contributed by atoms with Gasteiger partial charge in [0.05, 0.1) is 13.1 Å². The molecule has 4 nitrogen and oxygen atoms in total. The van der Waals surface area contributed by atoms with Gasteiger partial charge in [-0.1, -0.05) is 49.1 Å². The van der Waals surface area contributed by atoms with Crippen LogP contribution in [0, 0.1) is 0 Å². The molecule has 150 valence electrons. The maximum absolute atomic E-state index is 12.2. The van der Waals surface area contributed by atoms with E-state index in [1.807, 2.05) is 24.3 Å². The molecule has 2 aromatic rings. The zero-order valence-electron chi connectivity index (χ0n) is 15.8. The Morgan fingerprint density at radius 3 is 2.57 bits per heavy atom. The smallest absolute Gasteiger partial charge is 0.239 e. The van der Waals surface area contributed by atoms with Crippen LogP contribution in [0.2, 0.25) is 5.02 Å². The van der Waals surface area contributed by atoms with E-state index in [0.29, 0.717) is 22.7 Å². The van der Waals surface area contributed by atoms with Gasteiger partial charge >= 0.3 is 0 Å². The number of thiocarbonyl (C=S) groups is 1. The molecule has 0 unspecified atom stereocenters. The average molecular weight is 436 g/mol. The quantitative estimate of drug-likeness (QED) is 0.617. The van der Waals surface area contributed by atoms with E-state index in [1.165, 1.54) is 24.1 Å². The Kier molecular flexibility index (Phi) is 8.13. The van der Waals surface area contributed by atoms with Crippen molar-refractivity contribution in [3.05, 3.63) is 57.2 Å². The van der Waals surface area contributed by atoms with Crippen LogP contribution in [0.1, 0.15) is 42.5 Å². The van der Waals surface area contributed by atoms with E-state index in [2.05, 4.69) is 33.0 Å². The highest BCUT2D eigenvalue weighted by molar-refractivity contribution is 7.80. The second-order valence-electron chi connectivity index (χ2n) is 7.06. The van der Waals surface area contributed by atoms with Gasteiger partial charge in [0.2, 0.25) is 5.91 Å². The first kappa shape index (κ1) is 21.1. The minimum absolute atomic E-state index is 0.0722. The number of nitrogens with one attached hydrogen (secondary N) is 2. The van der Waals surface area contributed by atoms with Crippen LogP contribution in [0.15, 0.2) is 41.8 Å². The normalized spacial score (nSPS) is 14.5. The molecule has 7 heteroatoms. The zero-order valence-corrected chi connectivity index (χ0v) is 18.2. The number of hydrogen-bond donors (Lipinski definition) is 2. The van der Waals surface area contributed by atoms with Crippen molar-refractivity contribution in [2.24, 2.45) is 0 Å². The molecule has 0 atom stereocenters. The van der Waals surface area contributed by atoms with Crippen molar-refractivity contribution >= 4 is 46.2 Å². The fraction of sp³-hybridized carbons (Fsp3) is 0.429. The minimum Gasteiger partial charge on any atom is -0.353 e. The monoisotopic (exact) mass is 435 g/mol.